The van der Waals surface area contributed by atoms with Crippen LogP contribution in [0.3, 0.4) is 0 Å². The molecule has 4 N–H and O–H groups in total. The van der Waals surface area contributed by atoms with Gasteiger partial charge in [0.1, 0.15) is 0 Å². The van der Waals surface area contributed by atoms with Crippen LogP contribution in [0.25, 0.3) is 0 Å². The third kappa shape index (κ3) is 5.11. The zero-order chi connectivity index (χ0) is 13.4. The number of hydrogen-bond acceptors (Lipinski definition) is 8. The predicted molar refractivity (Wildman–Crippen MR) is 66.4 cm³/mol. The van der Waals surface area contributed by atoms with Crippen LogP contribution in [-0.4, -0.2) is 53.0 Å². The maximum Gasteiger partial charge on any atom is 0.323 e. The van der Waals surface area contributed by atoms with E-state index in [0.29, 0.717) is 32.1 Å². The topological polar surface area (TPSA) is 115 Å². The Hall–Kier alpha value is -1.67. The van der Waals surface area contributed by atoms with Crippen molar-refractivity contribution in [2.45, 2.75) is 19.4 Å². The van der Waals surface area contributed by atoms with Gasteiger partial charge >= 0.3 is 6.01 Å². The van der Waals surface area contributed by atoms with E-state index in [2.05, 4.69) is 20.3 Å². The van der Waals surface area contributed by atoms with Gasteiger partial charge in [-0.2, -0.15) is 15.0 Å². The van der Waals surface area contributed by atoms with Crippen LogP contribution in [0.4, 0.5) is 11.9 Å². The standard InChI is InChI=1S/C10H19N5O3/c1-3-18-10-14-8(11)13-9(15-10)12-5-4-7(16)6-17-2/h7,16H,3-6H2,1-2H3,(H3,11,12,13,14,15). The Morgan fingerprint density at radius 2 is 2.17 bits per heavy atom. The Morgan fingerprint density at radius 1 is 1.39 bits per heavy atom. The number of ether oxygens (including phenoxy) is 2. The summed E-state index contributed by atoms with van der Waals surface area (Å²) in [6.07, 6.45) is -0.00307. The second-order valence-corrected chi connectivity index (χ2v) is 3.56. The Kier molecular flexibility index (Phi) is 6.09. The summed E-state index contributed by atoms with van der Waals surface area (Å²) in [5.74, 6) is 0.420. The molecule has 0 aliphatic carbocycles. The Labute approximate surface area is 106 Å². The number of aromatic nitrogens is 3. The van der Waals surface area contributed by atoms with Gasteiger partial charge in [0.05, 0.1) is 19.3 Å². The number of nitrogens with zero attached hydrogens (tertiary/aromatic N) is 3. The van der Waals surface area contributed by atoms with Crippen molar-refractivity contribution < 1.29 is 14.6 Å². The molecule has 0 amide bonds. The van der Waals surface area contributed by atoms with E-state index in [1.54, 1.807) is 0 Å². The molecule has 1 atom stereocenters. The average Bonchev–Trinajstić information content (AvgIpc) is 2.29. The average molecular weight is 257 g/mol. The van der Waals surface area contributed by atoms with Crippen LogP contribution in [-0.2, 0) is 4.74 Å². The van der Waals surface area contributed by atoms with Crippen molar-refractivity contribution in [1.82, 2.24) is 15.0 Å². The number of aliphatic hydroxyl groups excluding tert-OH is 1. The van der Waals surface area contributed by atoms with E-state index in [9.17, 15) is 5.11 Å². The SMILES string of the molecule is CCOc1nc(N)nc(NCCC(O)COC)n1. The van der Waals surface area contributed by atoms with Gasteiger partial charge < -0.3 is 25.6 Å². The van der Waals surface area contributed by atoms with Gasteiger partial charge in [0.25, 0.3) is 0 Å². The molecule has 0 aromatic carbocycles. The summed E-state index contributed by atoms with van der Waals surface area (Å²) >= 11 is 0. The number of nitrogens with one attached hydrogen (secondary N) is 1. The fraction of sp³-hybridized carbons (Fsp3) is 0.700. The number of methoxy groups -OCH3 is 1. The van der Waals surface area contributed by atoms with Crippen molar-refractivity contribution >= 4 is 11.9 Å². The van der Waals surface area contributed by atoms with Gasteiger partial charge in [-0.05, 0) is 13.3 Å². The van der Waals surface area contributed by atoms with E-state index < -0.39 is 6.10 Å². The highest BCUT2D eigenvalue weighted by molar-refractivity contribution is 5.32. The summed E-state index contributed by atoms with van der Waals surface area (Å²) in [6.45, 7) is 3.08. The highest BCUT2D eigenvalue weighted by Crippen LogP contribution is 2.08. The lowest BCUT2D eigenvalue weighted by molar-refractivity contribution is 0.0615. The maximum atomic E-state index is 9.45. The van der Waals surface area contributed by atoms with Crippen LogP contribution in [0.2, 0.25) is 0 Å². The van der Waals surface area contributed by atoms with E-state index in [-0.39, 0.29) is 12.0 Å². The van der Waals surface area contributed by atoms with Crippen molar-refractivity contribution in [3.63, 3.8) is 0 Å². The molecule has 0 bridgehead atoms. The van der Waals surface area contributed by atoms with Crippen LogP contribution < -0.4 is 15.8 Å². The molecule has 0 spiro atoms. The molecule has 8 nitrogen and oxygen atoms in total. The number of nitrogens with two attached hydrogens (primary N) is 1. The first kappa shape index (κ1) is 14.4. The molecule has 102 valence electrons. The van der Waals surface area contributed by atoms with E-state index >= 15 is 0 Å². The predicted octanol–water partition coefficient (Wildman–Crippen LogP) is -0.338. The van der Waals surface area contributed by atoms with Crippen LogP contribution in [0, 0.1) is 0 Å². The fourth-order valence-electron chi connectivity index (χ4n) is 1.27. The molecular formula is C10H19N5O3. The van der Waals surface area contributed by atoms with Gasteiger partial charge in [-0.15, -0.1) is 0 Å². The summed E-state index contributed by atoms with van der Waals surface area (Å²) in [5.41, 5.74) is 5.52. The minimum Gasteiger partial charge on any atom is -0.464 e. The second kappa shape index (κ2) is 7.62. The molecule has 0 saturated carbocycles. The van der Waals surface area contributed by atoms with Crippen LogP contribution in [0.5, 0.6) is 6.01 Å². The Balaban J connectivity index is 2.46. The zero-order valence-electron chi connectivity index (χ0n) is 10.6. The first-order chi connectivity index (χ1) is 8.65. The number of anilines is 2. The minimum absolute atomic E-state index is 0.0911. The summed E-state index contributed by atoms with van der Waals surface area (Å²) in [7, 11) is 1.54. The lowest BCUT2D eigenvalue weighted by atomic mass is 10.3. The molecule has 0 aliphatic rings. The summed E-state index contributed by atoms with van der Waals surface area (Å²) in [4.78, 5) is 11.7. The molecule has 0 fully saturated rings. The third-order valence-corrected chi connectivity index (χ3v) is 2.03. The number of rotatable bonds is 8. The molecule has 0 radical (unpaired) electrons. The second-order valence-electron chi connectivity index (χ2n) is 3.56. The number of nitrogen functional groups attached to an aromatic ring is 1. The Bertz CT molecular complexity index is 363. The van der Waals surface area contributed by atoms with E-state index in [1.807, 2.05) is 6.92 Å². The van der Waals surface area contributed by atoms with Crippen molar-refractivity contribution in [2.24, 2.45) is 0 Å². The first-order valence-corrected chi connectivity index (χ1v) is 5.71. The molecule has 0 saturated heterocycles. The lowest BCUT2D eigenvalue weighted by Gasteiger charge is -2.10. The molecular weight excluding hydrogens is 238 g/mol. The molecule has 1 aromatic heterocycles. The van der Waals surface area contributed by atoms with Gasteiger partial charge in [0.15, 0.2) is 0 Å². The molecule has 0 aliphatic heterocycles. The molecule has 8 heteroatoms. The summed E-state index contributed by atoms with van der Waals surface area (Å²) < 4.78 is 9.96. The van der Waals surface area contributed by atoms with Gasteiger partial charge in [0, 0.05) is 13.7 Å². The van der Waals surface area contributed by atoms with E-state index in [1.165, 1.54) is 7.11 Å². The Morgan fingerprint density at radius 3 is 2.83 bits per heavy atom. The fourth-order valence-corrected chi connectivity index (χ4v) is 1.27. The van der Waals surface area contributed by atoms with Gasteiger partial charge in [-0.1, -0.05) is 0 Å². The first-order valence-electron chi connectivity index (χ1n) is 5.71. The summed E-state index contributed by atoms with van der Waals surface area (Å²) in [6, 6.07) is 0.185. The van der Waals surface area contributed by atoms with Crippen molar-refractivity contribution in [3.8, 4) is 6.01 Å². The van der Waals surface area contributed by atoms with Gasteiger partial charge in [-0.25, -0.2) is 0 Å². The van der Waals surface area contributed by atoms with Crippen molar-refractivity contribution in [3.05, 3.63) is 0 Å². The number of hydrogen-bond donors (Lipinski definition) is 3. The highest BCUT2D eigenvalue weighted by Gasteiger charge is 2.06. The smallest absolute Gasteiger partial charge is 0.323 e. The molecule has 1 aromatic rings. The van der Waals surface area contributed by atoms with Crippen LogP contribution in [0.15, 0.2) is 0 Å². The van der Waals surface area contributed by atoms with Crippen LogP contribution >= 0.6 is 0 Å². The van der Waals surface area contributed by atoms with Crippen molar-refractivity contribution in [2.75, 3.05) is 37.9 Å². The van der Waals surface area contributed by atoms with E-state index in [4.69, 9.17) is 15.2 Å². The monoisotopic (exact) mass is 257 g/mol. The molecule has 1 rings (SSSR count). The lowest BCUT2D eigenvalue weighted by Crippen LogP contribution is -2.19. The van der Waals surface area contributed by atoms with Crippen molar-refractivity contribution in [1.29, 1.82) is 0 Å². The van der Waals surface area contributed by atoms with Crippen LogP contribution in [0.1, 0.15) is 13.3 Å². The molecule has 1 heterocycles. The normalized spacial score (nSPS) is 12.2. The molecule has 18 heavy (non-hydrogen) atoms. The highest BCUT2D eigenvalue weighted by atomic mass is 16.5. The quantitative estimate of drug-likeness (QED) is 0.579. The van der Waals surface area contributed by atoms with E-state index in [0.717, 1.165) is 0 Å². The zero-order valence-corrected chi connectivity index (χ0v) is 10.6. The van der Waals surface area contributed by atoms with Gasteiger partial charge in [0.2, 0.25) is 11.9 Å². The van der Waals surface area contributed by atoms with Gasteiger partial charge in [-0.3, -0.25) is 0 Å². The largest absolute Gasteiger partial charge is 0.464 e. The maximum absolute atomic E-state index is 9.45. The summed E-state index contributed by atoms with van der Waals surface area (Å²) in [5, 5.41) is 12.4. The third-order valence-electron chi connectivity index (χ3n) is 2.03. The minimum atomic E-state index is -0.520. The number of aliphatic hydroxyl groups is 1. The molecule has 1 unspecified atom stereocenters.